The zero-order valence-electron chi connectivity index (χ0n) is 21.7. The predicted octanol–water partition coefficient (Wildman–Crippen LogP) is 4.08. The lowest BCUT2D eigenvalue weighted by Crippen LogP contribution is -2.55. The van der Waals surface area contributed by atoms with E-state index in [0.29, 0.717) is 5.56 Å². The Kier molecular flexibility index (Phi) is 8.61. The van der Waals surface area contributed by atoms with E-state index >= 15 is 0 Å². The van der Waals surface area contributed by atoms with Gasteiger partial charge in [-0.2, -0.15) is 0 Å². The molecule has 2 unspecified atom stereocenters. The summed E-state index contributed by atoms with van der Waals surface area (Å²) in [5, 5.41) is 16.3. The molecule has 3 rings (SSSR count). The van der Waals surface area contributed by atoms with Crippen LogP contribution in [0.1, 0.15) is 64.6 Å². The van der Waals surface area contributed by atoms with Crippen LogP contribution in [0.4, 0.5) is 4.79 Å². The van der Waals surface area contributed by atoms with Crippen molar-refractivity contribution >= 4 is 17.9 Å². The molecule has 0 aliphatic heterocycles. The van der Waals surface area contributed by atoms with Crippen molar-refractivity contribution in [1.82, 2.24) is 15.5 Å². The largest absolute Gasteiger partial charge is 0.508 e. The molecule has 1 saturated carbocycles. The highest BCUT2D eigenvalue weighted by atomic mass is 16.6. The quantitative estimate of drug-likeness (QED) is 0.486. The maximum absolute atomic E-state index is 14.1. The Balaban J connectivity index is 2.00. The van der Waals surface area contributed by atoms with Crippen molar-refractivity contribution in [1.29, 1.82) is 0 Å². The number of rotatable bonds is 9. The number of ether oxygens (including phenoxy) is 1. The zero-order chi connectivity index (χ0) is 26.5. The molecule has 0 bridgehead atoms. The molecular weight excluding hydrogens is 458 g/mol. The molecule has 2 aromatic rings. The summed E-state index contributed by atoms with van der Waals surface area (Å²) in [5.74, 6) is -0.860. The van der Waals surface area contributed by atoms with Crippen molar-refractivity contribution in [2.45, 2.75) is 83.6 Å². The van der Waals surface area contributed by atoms with Gasteiger partial charge in [0.05, 0.1) is 0 Å². The summed E-state index contributed by atoms with van der Waals surface area (Å²) in [6, 6.07) is 13.5. The van der Waals surface area contributed by atoms with Crippen molar-refractivity contribution < 1.29 is 24.2 Å². The predicted molar refractivity (Wildman–Crippen MR) is 137 cm³/mol. The molecule has 3 amide bonds. The highest BCUT2D eigenvalue weighted by molar-refractivity contribution is 5.93. The highest BCUT2D eigenvalue weighted by Gasteiger charge is 2.44. The zero-order valence-corrected chi connectivity index (χ0v) is 21.7. The van der Waals surface area contributed by atoms with Crippen molar-refractivity contribution in [2.75, 3.05) is 0 Å². The highest BCUT2D eigenvalue weighted by Crippen LogP contribution is 2.38. The number of carbonyl (C=O) groups is 3. The molecular formula is C28H37N3O5. The second-order valence-corrected chi connectivity index (χ2v) is 10.5. The van der Waals surface area contributed by atoms with Crippen LogP contribution in [0.5, 0.6) is 5.75 Å². The number of carbonyl (C=O) groups excluding carboxylic acids is 3. The van der Waals surface area contributed by atoms with Crippen LogP contribution >= 0.6 is 0 Å². The molecule has 36 heavy (non-hydrogen) atoms. The normalized spacial score (nSPS) is 15.1. The van der Waals surface area contributed by atoms with E-state index in [2.05, 4.69) is 10.6 Å². The molecule has 0 aromatic heterocycles. The molecule has 194 valence electrons. The van der Waals surface area contributed by atoms with Gasteiger partial charge in [-0.15, -0.1) is 0 Å². The van der Waals surface area contributed by atoms with E-state index < -0.39 is 29.7 Å². The number of nitrogens with one attached hydrogen (secondary N) is 2. The van der Waals surface area contributed by atoms with E-state index in [1.165, 1.54) is 11.0 Å². The SMILES string of the molecule is CC(C)NC(=O)C(c1ccccc1O)N(C(=O)C(Cc1ccccc1)NC(=O)OC(C)(C)C)C1CC1. The molecule has 1 aliphatic carbocycles. The number of phenols is 1. The molecule has 2 aromatic carbocycles. The number of aromatic hydroxyl groups is 1. The smallest absolute Gasteiger partial charge is 0.408 e. The maximum Gasteiger partial charge on any atom is 0.408 e. The second-order valence-electron chi connectivity index (χ2n) is 10.5. The molecule has 1 fully saturated rings. The summed E-state index contributed by atoms with van der Waals surface area (Å²) in [5.41, 5.74) is 0.455. The third-order valence-electron chi connectivity index (χ3n) is 5.66. The Morgan fingerprint density at radius 3 is 2.17 bits per heavy atom. The number of benzene rings is 2. The summed E-state index contributed by atoms with van der Waals surface area (Å²) in [6.45, 7) is 8.93. The Labute approximate surface area is 213 Å². The van der Waals surface area contributed by atoms with Crippen molar-refractivity contribution in [3.8, 4) is 5.75 Å². The average Bonchev–Trinajstić information content (AvgIpc) is 3.61. The fourth-order valence-corrected chi connectivity index (χ4v) is 4.05. The van der Waals surface area contributed by atoms with Crippen LogP contribution in [0.15, 0.2) is 54.6 Å². The molecule has 0 heterocycles. The number of amides is 3. The molecule has 8 nitrogen and oxygen atoms in total. The standard InChI is InChI=1S/C28H37N3O5/c1-18(2)29-25(33)24(21-13-9-10-14-23(21)32)31(20-15-16-20)26(34)22(17-19-11-7-6-8-12-19)30-27(35)36-28(3,4)5/h6-14,18,20,22,24,32H,15-17H2,1-5H3,(H,29,33)(H,30,35). The van der Waals surface area contributed by atoms with Gasteiger partial charge in [0.15, 0.2) is 0 Å². The van der Waals surface area contributed by atoms with Gasteiger partial charge < -0.3 is 25.4 Å². The van der Waals surface area contributed by atoms with Gasteiger partial charge in [-0.3, -0.25) is 9.59 Å². The van der Waals surface area contributed by atoms with Crippen LogP contribution in [-0.4, -0.2) is 51.6 Å². The number of nitrogens with zero attached hydrogens (tertiary/aromatic N) is 1. The molecule has 2 atom stereocenters. The third kappa shape index (κ3) is 7.47. The van der Waals surface area contributed by atoms with E-state index in [9.17, 15) is 19.5 Å². The maximum atomic E-state index is 14.1. The minimum atomic E-state index is -1.05. The lowest BCUT2D eigenvalue weighted by atomic mass is 9.99. The number of para-hydroxylation sites is 1. The first-order valence-corrected chi connectivity index (χ1v) is 12.4. The van der Waals surface area contributed by atoms with Crippen molar-refractivity contribution in [2.24, 2.45) is 0 Å². The van der Waals surface area contributed by atoms with E-state index in [-0.39, 0.29) is 30.2 Å². The van der Waals surface area contributed by atoms with Crippen molar-refractivity contribution in [3.05, 3.63) is 65.7 Å². The lowest BCUT2D eigenvalue weighted by molar-refractivity contribution is -0.143. The number of hydrogen-bond donors (Lipinski definition) is 3. The van der Waals surface area contributed by atoms with Gasteiger partial charge in [-0.25, -0.2) is 4.79 Å². The third-order valence-corrected chi connectivity index (χ3v) is 5.66. The Hall–Kier alpha value is -3.55. The monoisotopic (exact) mass is 495 g/mol. The van der Waals surface area contributed by atoms with Crippen LogP contribution in [0.25, 0.3) is 0 Å². The van der Waals surface area contributed by atoms with Crippen LogP contribution < -0.4 is 10.6 Å². The molecule has 1 aliphatic rings. The second kappa shape index (κ2) is 11.5. The van der Waals surface area contributed by atoms with Gasteiger partial charge in [0.1, 0.15) is 23.4 Å². The summed E-state index contributed by atoms with van der Waals surface area (Å²) in [4.78, 5) is 41.8. The number of phenolic OH excluding ortho intramolecular Hbond substituents is 1. The summed E-state index contributed by atoms with van der Waals surface area (Å²) < 4.78 is 5.44. The van der Waals surface area contributed by atoms with Crippen molar-refractivity contribution in [3.63, 3.8) is 0 Å². The Morgan fingerprint density at radius 2 is 1.61 bits per heavy atom. The topological polar surface area (TPSA) is 108 Å². The summed E-state index contributed by atoms with van der Waals surface area (Å²) >= 11 is 0. The van der Waals surface area contributed by atoms with Gasteiger partial charge >= 0.3 is 6.09 Å². The van der Waals surface area contributed by atoms with E-state index in [4.69, 9.17) is 4.74 Å². The van der Waals surface area contributed by atoms with Gasteiger partial charge in [0, 0.05) is 24.1 Å². The first-order valence-electron chi connectivity index (χ1n) is 12.4. The van der Waals surface area contributed by atoms with E-state index in [0.717, 1.165) is 18.4 Å². The van der Waals surface area contributed by atoms with Crippen LogP contribution in [0.2, 0.25) is 0 Å². The molecule has 3 N–H and O–H groups in total. The first-order chi connectivity index (χ1) is 17.0. The first kappa shape index (κ1) is 27.0. The van der Waals surface area contributed by atoms with Gasteiger partial charge in [0.25, 0.3) is 0 Å². The molecule has 8 heteroatoms. The van der Waals surface area contributed by atoms with Crippen LogP contribution in [0, 0.1) is 0 Å². The minimum Gasteiger partial charge on any atom is -0.508 e. The molecule has 0 radical (unpaired) electrons. The van der Waals surface area contributed by atoms with Gasteiger partial charge in [-0.1, -0.05) is 48.5 Å². The van der Waals surface area contributed by atoms with Gasteiger partial charge in [-0.05, 0) is 59.1 Å². The fourth-order valence-electron chi connectivity index (χ4n) is 4.05. The minimum absolute atomic E-state index is 0.0698. The summed E-state index contributed by atoms with van der Waals surface area (Å²) in [7, 11) is 0. The fraction of sp³-hybridized carbons (Fsp3) is 0.464. The van der Waals surface area contributed by atoms with Gasteiger partial charge in [0.2, 0.25) is 11.8 Å². The number of hydrogen-bond acceptors (Lipinski definition) is 5. The summed E-state index contributed by atoms with van der Waals surface area (Å²) in [6.07, 6.45) is 0.977. The van der Waals surface area contributed by atoms with Crippen LogP contribution in [-0.2, 0) is 20.7 Å². The lowest BCUT2D eigenvalue weighted by Gasteiger charge is -2.35. The Morgan fingerprint density at radius 1 is 1.00 bits per heavy atom. The van der Waals surface area contributed by atoms with Crippen LogP contribution in [0.3, 0.4) is 0 Å². The van der Waals surface area contributed by atoms with E-state index in [1.54, 1.807) is 39.0 Å². The van der Waals surface area contributed by atoms with E-state index in [1.807, 2.05) is 44.2 Å². The number of alkyl carbamates (subject to hydrolysis) is 1. The molecule has 0 saturated heterocycles. The average molecular weight is 496 g/mol. The molecule has 0 spiro atoms. The Bertz CT molecular complexity index is 1060.